The van der Waals surface area contributed by atoms with Crippen LogP contribution in [0.25, 0.3) is 0 Å². The van der Waals surface area contributed by atoms with Gasteiger partial charge < -0.3 is 4.74 Å². The molecule has 0 radical (unpaired) electrons. The van der Waals surface area contributed by atoms with Gasteiger partial charge in [-0.3, -0.25) is 14.9 Å². The minimum atomic E-state index is -0.799. The lowest BCUT2D eigenvalue weighted by molar-refractivity contribution is 0.0908. The van der Waals surface area contributed by atoms with Crippen molar-refractivity contribution < 1.29 is 14.3 Å². The summed E-state index contributed by atoms with van der Waals surface area (Å²) in [7, 11) is 0. The molecule has 142 valence electrons. The molecule has 0 saturated heterocycles. The van der Waals surface area contributed by atoms with Gasteiger partial charge in [-0.05, 0) is 18.1 Å². The summed E-state index contributed by atoms with van der Waals surface area (Å²) in [6.45, 7) is 1.99. The lowest BCUT2D eigenvalue weighted by Gasteiger charge is -2.09. The molecule has 3 aromatic rings. The summed E-state index contributed by atoms with van der Waals surface area (Å²) in [5.41, 5.74) is 1.84. The third-order valence-electron chi connectivity index (χ3n) is 3.99. The molecule has 0 unspecified atom stereocenters. The van der Waals surface area contributed by atoms with Crippen LogP contribution >= 0.6 is 0 Å². The van der Waals surface area contributed by atoms with Crippen LogP contribution < -0.4 is 10.9 Å². The summed E-state index contributed by atoms with van der Waals surface area (Å²) in [4.78, 5) is 40.8. The Hall–Kier alpha value is -3.74. The maximum atomic E-state index is 12.5. The van der Waals surface area contributed by atoms with Gasteiger partial charge >= 0.3 is 6.09 Å². The fraction of sp³-hybridized carbons (Fsp3) is 0.143. The van der Waals surface area contributed by atoms with Crippen LogP contribution in [0, 0.1) is 6.92 Å². The molecule has 0 fully saturated rings. The second-order valence-electron chi connectivity index (χ2n) is 6.23. The van der Waals surface area contributed by atoms with Gasteiger partial charge in [-0.15, -0.1) is 0 Å². The number of aryl methyl sites for hydroxylation is 1. The summed E-state index contributed by atoms with van der Waals surface area (Å²) in [5.74, 6) is -0.440. The highest BCUT2D eigenvalue weighted by Crippen LogP contribution is 2.07. The van der Waals surface area contributed by atoms with E-state index in [2.05, 4.69) is 10.3 Å². The van der Waals surface area contributed by atoms with E-state index in [4.69, 9.17) is 4.74 Å². The first kappa shape index (κ1) is 19.0. The first-order valence-corrected chi connectivity index (χ1v) is 8.66. The predicted molar refractivity (Wildman–Crippen MR) is 104 cm³/mol. The Morgan fingerprint density at radius 3 is 2.57 bits per heavy atom. The number of aromatic nitrogens is 2. The number of anilines is 1. The Kier molecular flexibility index (Phi) is 5.96. The Morgan fingerprint density at radius 1 is 1.07 bits per heavy atom. The Bertz CT molecular complexity index is 1040. The predicted octanol–water partition coefficient (Wildman–Crippen LogP) is 3.18. The van der Waals surface area contributed by atoms with Crippen molar-refractivity contribution in [3.05, 3.63) is 94.2 Å². The number of carbonyl (C=O) groups is 2. The van der Waals surface area contributed by atoms with E-state index in [-0.39, 0.29) is 18.7 Å². The third kappa shape index (κ3) is 4.91. The topological polar surface area (TPSA) is 90.3 Å². The van der Waals surface area contributed by atoms with Gasteiger partial charge in [0.1, 0.15) is 18.6 Å². The highest BCUT2D eigenvalue weighted by Gasteiger charge is 2.14. The largest absolute Gasteiger partial charge is 0.444 e. The van der Waals surface area contributed by atoms with Gasteiger partial charge in [0.05, 0.1) is 12.6 Å². The minimum absolute atomic E-state index is 0.0468. The van der Waals surface area contributed by atoms with Crippen LogP contribution in [0.5, 0.6) is 0 Å². The van der Waals surface area contributed by atoms with E-state index in [1.165, 1.54) is 6.20 Å². The Morgan fingerprint density at radius 2 is 1.82 bits per heavy atom. The van der Waals surface area contributed by atoms with Crippen molar-refractivity contribution >= 4 is 17.7 Å². The molecule has 3 rings (SSSR count). The fourth-order valence-corrected chi connectivity index (χ4v) is 2.63. The van der Waals surface area contributed by atoms with Gasteiger partial charge in [0, 0.05) is 0 Å². The first-order valence-electron chi connectivity index (χ1n) is 8.66. The minimum Gasteiger partial charge on any atom is -0.444 e. The van der Waals surface area contributed by atoms with Gasteiger partial charge in [-0.2, -0.15) is 0 Å². The molecular weight excluding hydrogens is 358 g/mol. The molecule has 0 aliphatic rings. The van der Waals surface area contributed by atoms with E-state index in [1.807, 2.05) is 61.5 Å². The average molecular weight is 377 g/mol. The molecule has 0 bridgehead atoms. The zero-order valence-electron chi connectivity index (χ0n) is 15.3. The normalized spacial score (nSPS) is 10.3. The summed E-state index contributed by atoms with van der Waals surface area (Å²) in [6, 6.07) is 16.6. The van der Waals surface area contributed by atoms with Crippen LogP contribution in [0.15, 0.2) is 71.9 Å². The monoisotopic (exact) mass is 377 g/mol. The number of nitrogens with one attached hydrogen (secondary N) is 1. The molecule has 1 N–H and O–H groups in total. The van der Waals surface area contributed by atoms with E-state index in [1.54, 1.807) is 0 Å². The van der Waals surface area contributed by atoms with Crippen LogP contribution in [-0.2, 0) is 17.8 Å². The third-order valence-corrected chi connectivity index (χ3v) is 3.99. The summed E-state index contributed by atoms with van der Waals surface area (Å²) in [5, 5.41) is 2.34. The highest BCUT2D eigenvalue weighted by molar-refractivity contribution is 5.86. The number of carbonyl (C=O) groups excluding carboxylic acids is 2. The molecule has 0 aliphatic heterocycles. The molecule has 0 spiro atoms. The molecule has 0 saturated carbocycles. The molecule has 2 aromatic carbocycles. The van der Waals surface area contributed by atoms with E-state index < -0.39 is 17.6 Å². The molecule has 28 heavy (non-hydrogen) atoms. The quantitative estimate of drug-likeness (QED) is 0.737. The van der Waals surface area contributed by atoms with Crippen LogP contribution in [0.2, 0.25) is 0 Å². The van der Waals surface area contributed by atoms with Crippen molar-refractivity contribution in [2.75, 3.05) is 5.32 Å². The Balaban J connectivity index is 1.67. The lowest BCUT2D eigenvalue weighted by atomic mass is 10.1. The van der Waals surface area contributed by atoms with Crippen molar-refractivity contribution in [3.63, 3.8) is 0 Å². The van der Waals surface area contributed by atoms with Crippen molar-refractivity contribution in [2.45, 2.75) is 20.0 Å². The summed E-state index contributed by atoms with van der Waals surface area (Å²) in [6.07, 6.45) is 1.57. The van der Waals surface area contributed by atoms with E-state index in [0.717, 1.165) is 27.6 Å². The number of rotatable bonds is 5. The van der Waals surface area contributed by atoms with Crippen molar-refractivity contribution in [1.82, 2.24) is 9.55 Å². The average Bonchev–Trinajstić information content (AvgIpc) is 2.69. The van der Waals surface area contributed by atoms with E-state index in [0.29, 0.717) is 0 Å². The summed E-state index contributed by atoms with van der Waals surface area (Å²) < 4.78 is 5.97. The second kappa shape index (κ2) is 8.77. The first-order chi connectivity index (χ1) is 13.5. The van der Waals surface area contributed by atoms with Crippen LogP contribution in [0.4, 0.5) is 10.5 Å². The van der Waals surface area contributed by atoms with Crippen LogP contribution in [-0.4, -0.2) is 21.6 Å². The van der Waals surface area contributed by atoms with E-state index >= 15 is 0 Å². The van der Waals surface area contributed by atoms with Crippen molar-refractivity contribution in [2.24, 2.45) is 0 Å². The molecule has 7 heteroatoms. The SMILES string of the molecule is Cc1cccc(CC(=O)n2cncc(NC(=O)OCc3ccccc3)c2=O)c1. The second-order valence-corrected chi connectivity index (χ2v) is 6.23. The van der Waals surface area contributed by atoms with Crippen LogP contribution in [0.1, 0.15) is 21.5 Å². The van der Waals surface area contributed by atoms with Gasteiger partial charge in [-0.25, -0.2) is 14.3 Å². The van der Waals surface area contributed by atoms with Crippen LogP contribution in [0.3, 0.4) is 0 Å². The fourth-order valence-electron chi connectivity index (χ4n) is 2.63. The standard InChI is InChI=1S/C21H19N3O4/c1-15-6-5-9-17(10-15)11-19(25)24-14-22-12-18(20(24)26)23-21(27)28-13-16-7-3-2-4-8-16/h2-10,12,14H,11,13H2,1H3,(H,23,27). The summed E-state index contributed by atoms with van der Waals surface area (Å²) >= 11 is 0. The molecule has 0 atom stereocenters. The number of amides is 1. The maximum Gasteiger partial charge on any atom is 0.412 e. The molecule has 1 aromatic heterocycles. The Labute approximate surface area is 161 Å². The van der Waals surface area contributed by atoms with Crippen molar-refractivity contribution in [3.8, 4) is 0 Å². The number of hydrogen-bond donors (Lipinski definition) is 1. The molecule has 1 amide bonds. The zero-order chi connectivity index (χ0) is 19.9. The van der Waals surface area contributed by atoms with Gasteiger partial charge in [0.25, 0.3) is 5.56 Å². The van der Waals surface area contributed by atoms with Gasteiger partial charge in [-0.1, -0.05) is 60.2 Å². The molecular formula is C21H19N3O4. The molecule has 0 aliphatic carbocycles. The number of nitrogens with zero attached hydrogens (tertiary/aromatic N) is 2. The number of ether oxygens (including phenoxy) is 1. The highest BCUT2D eigenvalue weighted by atomic mass is 16.5. The smallest absolute Gasteiger partial charge is 0.412 e. The van der Waals surface area contributed by atoms with Gasteiger partial charge in [0.15, 0.2) is 0 Å². The number of benzene rings is 2. The molecule has 1 heterocycles. The van der Waals surface area contributed by atoms with Gasteiger partial charge in [0.2, 0.25) is 5.91 Å². The maximum absolute atomic E-state index is 12.5. The van der Waals surface area contributed by atoms with E-state index in [9.17, 15) is 14.4 Å². The van der Waals surface area contributed by atoms with Crippen molar-refractivity contribution in [1.29, 1.82) is 0 Å². The lowest BCUT2D eigenvalue weighted by Crippen LogP contribution is -2.31. The number of hydrogen-bond acceptors (Lipinski definition) is 5. The molecule has 7 nitrogen and oxygen atoms in total. The zero-order valence-corrected chi connectivity index (χ0v) is 15.3.